The first kappa shape index (κ1) is 11.3. The van der Waals surface area contributed by atoms with Crippen LogP contribution in [0.3, 0.4) is 0 Å². The first-order valence-electron chi connectivity index (χ1n) is 4.01. The fraction of sp³-hybridized carbons (Fsp3) is 0.875. The Bertz CT molecular complexity index is 119. The first-order chi connectivity index (χ1) is 4.79. The molecule has 1 N–H and O–H groups in total. The van der Waals surface area contributed by atoms with E-state index in [1.807, 2.05) is 0 Å². The van der Waals surface area contributed by atoms with Crippen molar-refractivity contribution in [3.05, 3.63) is 0 Å². The molecule has 3 heteroatoms. The van der Waals surface area contributed by atoms with Crippen LogP contribution < -0.4 is 0 Å². The second kappa shape index (κ2) is 5.92. The molecule has 0 aromatic carbocycles. The molecule has 3 radical (unpaired) electrons. The van der Waals surface area contributed by atoms with E-state index < -0.39 is 5.97 Å². The number of carbonyl (C=O) groups is 1. The second-order valence-corrected chi connectivity index (χ2v) is 3.10. The Morgan fingerprint density at radius 2 is 1.82 bits per heavy atom. The van der Waals surface area contributed by atoms with E-state index in [-0.39, 0.29) is 25.8 Å². The van der Waals surface area contributed by atoms with Crippen LogP contribution in [0.25, 0.3) is 0 Å². The third-order valence-corrected chi connectivity index (χ3v) is 2.19. The summed E-state index contributed by atoms with van der Waals surface area (Å²) in [6.07, 6.45) is 6.42. The summed E-state index contributed by atoms with van der Waals surface area (Å²) in [6.45, 7) is 0. The van der Waals surface area contributed by atoms with E-state index in [2.05, 4.69) is 0 Å². The number of carboxylic acids is 1. The maximum Gasteiger partial charge on any atom is 0.303 e. The van der Waals surface area contributed by atoms with Crippen molar-refractivity contribution in [3.8, 4) is 0 Å². The van der Waals surface area contributed by atoms with Crippen molar-refractivity contribution in [2.24, 2.45) is 5.92 Å². The fourth-order valence-corrected chi connectivity index (χ4v) is 1.64. The van der Waals surface area contributed by atoms with Gasteiger partial charge in [-0.3, -0.25) is 4.79 Å². The molecule has 0 spiro atoms. The van der Waals surface area contributed by atoms with E-state index in [9.17, 15) is 4.79 Å². The molecule has 0 atom stereocenters. The van der Waals surface area contributed by atoms with E-state index in [4.69, 9.17) is 5.11 Å². The molecule has 1 saturated carbocycles. The molecular formula is C8H14InO2. The van der Waals surface area contributed by atoms with Crippen LogP contribution >= 0.6 is 0 Å². The molecule has 0 saturated heterocycles. The molecule has 0 amide bonds. The van der Waals surface area contributed by atoms with Gasteiger partial charge in [0.05, 0.1) is 0 Å². The van der Waals surface area contributed by atoms with Crippen molar-refractivity contribution >= 4 is 31.8 Å². The summed E-state index contributed by atoms with van der Waals surface area (Å²) in [5, 5.41) is 8.47. The summed E-state index contributed by atoms with van der Waals surface area (Å²) < 4.78 is 0. The van der Waals surface area contributed by atoms with Crippen molar-refractivity contribution in [1.29, 1.82) is 0 Å². The zero-order chi connectivity index (χ0) is 7.40. The van der Waals surface area contributed by atoms with Crippen LogP contribution in [0.15, 0.2) is 0 Å². The summed E-state index contributed by atoms with van der Waals surface area (Å²) in [7, 11) is 0. The second-order valence-electron chi connectivity index (χ2n) is 3.10. The molecule has 2 nitrogen and oxygen atoms in total. The number of hydrogen-bond donors (Lipinski definition) is 1. The van der Waals surface area contributed by atoms with Crippen LogP contribution in [0, 0.1) is 5.92 Å². The van der Waals surface area contributed by atoms with Gasteiger partial charge < -0.3 is 5.11 Å². The third kappa shape index (κ3) is 4.72. The molecule has 1 fully saturated rings. The minimum absolute atomic E-state index is 0. The van der Waals surface area contributed by atoms with Gasteiger partial charge in [0.15, 0.2) is 0 Å². The van der Waals surface area contributed by atoms with E-state index in [0.717, 1.165) is 12.8 Å². The zero-order valence-corrected chi connectivity index (χ0v) is 10.0. The molecule has 61 valence electrons. The first-order valence-corrected chi connectivity index (χ1v) is 4.01. The van der Waals surface area contributed by atoms with Crippen molar-refractivity contribution in [2.75, 3.05) is 0 Å². The molecule has 1 aliphatic rings. The number of aliphatic carboxylic acids is 1. The molecule has 1 aliphatic carbocycles. The van der Waals surface area contributed by atoms with Crippen LogP contribution in [0.2, 0.25) is 0 Å². The van der Waals surface area contributed by atoms with Crippen LogP contribution in [-0.2, 0) is 4.79 Å². The van der Waals surface area contributed by atoms with Gasteiger partial charge >= 0.3 is 5.97 Å². The zero-order valence-electron chi connectivity index (χ0n) is 6.75. The molecular weight excluding hydrogens is 243 g/mol. The quantitative estimate of drug-likeness (QED) is 0.816. The van der Waals surface area contributed by atoms with Crippen molar-refractivity contribution in [1.82, 2.24) is 0 Å². The molecule has 0 bridgehead atoms. The topological polar surface area (TPSA) is 37.3 Å². The van der Waals surface area contributed by atoms with Crippen LogP contribution in [0.4, 0.5) is 0 Å². The van der Waals surface area contributed by atoms with Gasteiger partial charge in [-0.15, -0.1) is 0 Å². The van der Waals surface area contributed by atoms with E-state index in [1.54, 1.807) is 0 Å². The summed E-state index contributed by atoms with van der Waals surface area (Å²) in [4.78, 5) is 10.3. The van der Waals surface area contributed by atoms with E-state index in [0.29, 0.717) is 12.3 Å². The maximum absolute atomic E-state index is 10.3. The maximum atomic E-state index is 10.3. The predicted octanol–water partition coefficient (Wildman–Crippen LogP) is 1.66. The summed E-state index contributed by atoms with van der Waals surface area (Å²) in [6, 6.07) is 0. The number of carboxylic acid groups (broad SMARTS) is 1. The van der Waals surface area contributed by atoms with E-state index >= 15 is 0 Å². The Kier molecular flexibility index (Phi) is 6.11. The predicted molar refractivity (Wildman–Crippen MR) is 44.6 cm³/mol. The van der Waals surface area contributed by atoms with Gasteiger partial charge in [0.2, 0.25) is 0 Å². The van der Waals surface area contributed by atoms with Crippen molar-refractivity contribution < 1.29 is 9.90 Å². The van der Waals surface area contributed by atoms with Crippen LogP contribution in [-0.4, -0.2) is 36.9 Å². The minimum atomic E-state index is -0.632. The smallest absolute Gasteiger partial charge is 0.303 e. The van der Waals surface area contributed by atoms with Crippen molar-refractivity contribution in [3.63, 3.8) is 0 Å². The molecule has 0 aliphatic heterocycles. The third-order valence-electron chi connectivity index (χ3n) is 2.19. The van der Waals surface area contributed by atoms with Gasteiger partial charge in [0.25, 0.3) is 0 Å². The van der Waals surface area contributed by atoms with E-state index in [1.165, 1.54) is 19.3 Å². The SMILES string of the molecule is O=C(O)CC1CCCCC1.[In]. The average Bonchev–Trinajstić information content (AvgIpc) is 1.88. The Morgan fingerprint density at radius 1 is 1.27 bits per heavy atom. The summed E-state index contributed by atoms with van der Waals surface area (Å²) >= 11 is 0. The van der Waals surface area contributed by atoms with Gasteiger partial charge in [0.1, 0.15) is 0 Å². The molecule has 0 aromatic heterocycles. The molecule has 1 rings (SSSR count). The van der Waals surface area contributed by atoms with Gasteiger partial charge in [-0.25, -0.2) is 0 Å². The Balaban J connectivity index is 0.000001000. The van der Waals surface area contributed by atoms with Gasteiger partial charge in [-0.1, -0.05) is 19.3 Å². The average molecular weight is 257 g/mol. The number of hydrogen-bond acceptors (Lipinski definition) is 1. The Hall–Kier alpha value is 0.340. The monoisotopic (exact) mass is 257 g/mol. The van der Waals surface area contributed by atoms with Crippen molar-refractivity contribution in [2.45, 2.75) is 38.5 Å². The standard InChI is InChI=1S/C8H14O2.In/c9-8(10)6-7-4-2-1-3-5-7;/h7H,1-6H2,(H,9,10);. The Labute approximate surface area is 86.2 Å². The normalized spacial score (nSPS) is 18.9. The van der Waals surface area contributed by atoms with Gasteiger partial charge in [-0.2, -0.15) is 0 Å². The number of rotatable bonds is 2. The summed E-state index contributed by atoms with van der Waals surface area (Å²) in [5.41, 5.74) is 0. The molecule has 0 unspecified atom stereocenters. The summed E-state index contributed by atoms with van der Waals surface area (Å²) in [5.74, 6) is -0.154. The Morgan fingerprint density at radius 3 is 2.27 bits per heavy atom. The van der Waals surface area contributed by atoms with Crippen LogP contribution in [0.5, 0.6) is 0 Å². The molecule has 0 aromatic rings. The molecule has 11 heavy (non-hydrogen) atoms. The minimum Gasteiger partial charge on any atom is -0.481 e. The molecule has 0 heterocycles. The van der Waals surface area contributed by atoms with Gasteiger partial charge in [-0.05, 0) is 18.8 Å². The van der Waals surface area contributed by atoms with Crippen LogP contribution in [0.1, 0.15) is 38.5 Å². The largest absolute Gasteiger partial charge is 0.481 e. The fourth-order valence-electron chi connectivity index (χ4n) is 1.64. The van der Waals surface area contributed by atoms with Gasteiger partial charge in [0, 0.05) is 32.3 Å².